The molecule has 1 heterocycles. The lowest BCUT2D eigenvalue weighted by atomic mass is 10.5. The highest BCUT2D eigenvalue weighted by molar-refractivity contribution is 8.13. The Morgan fingerprint density at radius 2 is 1.93 bits per heavy atom. The summed E-state index contributed by atoms with van der Waals surface area (Å²) in [4.78, 5) is 0. The third kappa shape index (κ3) is 2.40. The van der Waals surface area contributed by atoms with Gasteiger partial charge in [0.1, 0.15) is 0 Å². The van der Waals surface area contributed by atoms with Crippen LogP contribution in [0.25, 0.3) is 0 Å². The normalized spacial score (nSPS) is 13.1. The van der Waals surface area contributed by atoms with Crippen LogP contribution in [-0.2, 0) is 21.8 Å². The van der Waals surface area contributed by atoms with E-state index in [4.69, 9.17) is 10.7 Å². The van der Waals surface area contributed by atoms with E-state index in [9.17, 15) is 21.6 Å². The topological polar surface area (TPSA) is 64.8 Å². The molecule has 1 rings (SSSR count). The monoisotopic (exact) mass is 263 g/mol. The molecule has 0 aliphatic heterocycles. The van der Waals surface area contributed by atoms with Gasteiger partial charge in [-0.2, -0.15) is 13.2 Å². The minimum atomic E-state index is -4.76. The van der Waals surface area contributed by atoms with Crippen LogP contribution in [0.4, 0.5) is 13.2 Å². The van der Waals surface area contributed by atoms with Crippen molar-refractivity contribution in [2.75, 3.05) is 0 Å². The second-order valence-corrected chi connectivity index (χ2v) is 4.95. The molecule has 0 atom stereocenters. The van der Waals surface area contributed by atoms with E-state index in [1.165, 1.54) is 6.92 Å². The summed E-state index contributed by atoms with van der Waals surface area (Å²) < 4.78 is 58.9. The van der Waals surface area contributed by atoms with E-state index in [0.29, 0.717) is 4.57 Å². The minimum absolute atomic E-state index is 0.247. The molecule has 1 aromatic heterocycles. The molecular formula is C5H5ClF3N3O2S. The van der Waals surface area contributed by atoms with Gasteiger partial charge in [-0.3, -0.25) is 4.57 Å². The zero-order valence-electron chi connectivity index (χ0n) is 7.29. The molecule has 0 bridgehead atoms. The van der Waals surface area contributed by atoms with Gasteiger partial charge in [-0.05, 0) is 6.92 Å². The molecule has 0 fully saturated rings. The van der Waals surface area contributed by atoms with Gasteiger partial charge in [-0.1, -0.05) is 0 Å². The highest BCUT2D eigenvalue weighted by atomic mass is 35.7. The summed E-state index contributed by atoms with van der Waals surface area (Å²) in [7, 11) is 0.564. The van der Waals surface area contributed by atoms with E-state index in [1.807, 2.05) is 0 Å². The van der Waals surface area contributed by atoms with Gasteiger partial charge in [0.2, 0.25) is 5.82 Å². The lowest BCUT2D eigenvalue weighted by Crippen LogP contribution is -2.16. The third-order valence-corrected chi connectivity index (χ3v) is 2.66. The van der Waals surface area contributed by atoms with Crippen LogP contribution in [0.1, 0.15) is 12.7 Å². The number of nitrogens with zero attached hydrogens (tertiary/aromatic N) is 3. The van der Waals surface area contributed by atoms with Crippen molar-refractivity contribution in [2.24, 2.45) is 0 Å². The van der Waals surface area contributed by atoms with Crippen LogP contribution in [-0.4, -0.2) is 23.2 Å². The van der Waals surface area contributed by atoms with Crippen LogP contribution in [0.15, 0.2) is 5.16 Å². The molecule has 0 aromatic carbocycles. The highest BCUT2D eigenvalue weighted by Gasteiger charge is 2.39. The molecule has 0 aliphatic rings. The first kappa shape index (κ1) is 12.2. The van der Waals surface area contributed by atoms with Crippen LogP contribution in [0.5, 0.6) is 0 Å². The van der Waals surface area contributed by atoms with Gasteiger partial charge in [0.25, 0.3) is 14.2 Å². The first-order chi connectivity index (χ1) is 6.68. The largest absolute Gasteiger partial charge is 0.451 e. The van der Waals surface area contributed by atoms with Gasteiger partial charge >= 0.3 is 6.18 Å². The Balaban J connectivity index is 3.44. The summed E-state index contributed by atoms with van der Waals surface area (Å²) in [6.07, 6.45) is -4.76. The van der Waals surface area contributed by atoms with Crippen molar-refractivity contribution < 1.29 is 21.6 Å². The molecule has 0 spiro atoms. The van der Waals surface area contributed by atoms with Gasteiger partial charge in [0.05, 0.1) is 0 Å². The van der Waals surface area contributed by atoms with Crippen molar-refractivity contribution in [1.82, 2.24) is 14.8 Å². The number of hydrogen-bond donors (Lipinski definition) is 0. The standard InChI is InChI=1S/C5H5ClF3N3O2S/c1-2-12-3(5(7,8)9)10-11-4(12)15(6,13)14/h2H2,1H3. The fourth-order valence-corrected chi connectivity index (χ4v) is 1.92. The van der Waals surface area contributed by atoms with Gasteiger partial charge < -0.3 is 0 Å². The Bertz CT molecular complexity index is 466. The number of rotatable bonds is 2. The Morgan fingerprint density at radius 3 is 2.27 bits per heavy atom. The van der Waals surface area contributed by atoms with Gasteiger partial charge in [0.15, 0.2) is 0 Å². The zero-order chi connectivity index (χ0) is 11.9. The number of alkyl halides is 3. The lowest BCUT2D eigenvalue weighted by molar-refractivity contribution is -0.147. The summed E-state index contributed by atoms with van der Waals surface area (Å²) in [6, 6.07) is 0. The van der Waals surface area contributed by atoms with Crippen LogP contribution < -0.4 is 0 Å². The summed E-state index contributed by atoms with van der Waals surface area (Å²) in [5.74, 6) is -1.38. The molecule has 0 N–H and O–H groups in total. The maximum absolute atomic E-state index is 12.3. The molecule has 15 heavy (non-hydrogen) atoms. The molecule has 0 unspecified atom stereocenters. The second-order valence-electron chi connectivity index (χ2n) is 2.49. The fraction of sp³-hybridized carbons (Fsp3) is 0.600. The van der Waals surface area contributed by atoms with Gasteiger partial charge in [-0.15, -0.1) is 10.2 Å². The van der Waals surface area contributed by atoms with Crippen molar-refractivity contribution in [2.45, 2.75) is 24.8 Å². The second kappa shape index (κ2) is 3.63. The smallest absolute Gasteiger partial charge is 0.293 e. The number of hydrogen-bond acceptors (Lipinski definition) is 4. The Hall–Kier alpha value is -0.830. The zero-order valence-corrected chi connectivity index (χ0v) is 8.86. The van der Waals surface area contributed by atoms with E-state index in [1.54, 1.807) is 0 Å². The molecule has 0 amide bonds. The SMILES string of the molecule is CCn1c(C(F)(F)F)nnc1S(=O)(=O)Cl. The van der Waals surface area contributed by atoms with Gasteiger partial charge in [0, 0.05) is 17.2 Å². The maximum Gasteiger partial charge on any atom is 0.451 e. The molecule has 5 nitrogen and oxygen atoms in total. The van der Waals surface area contributed by atoms with Gasteiger partial charge in [-0.25, -0.2) is 8.42 Å². The molecule has 1 aromatic rings. The van der Waals surface area contributed by atoms with Crippen LogP contribution in [0, 0.1) is 0 Å². The summed E-state index contributed by atoms with van der Waals surface area (Å²) in [5.41, 5.74) is 0. The quantitative estimate of drug-likeness (QED) is 0.753. The Labute approximate surface area is 87.3 Å². The average Bonchev–Trinajstić information content (AvgIpc) is 2.43. The van der Waals surface area contributed by atoms with E-state index < -0.39 is 26.2 Å². The fourth-order valence-electron chi connectivity index (χ4n) is 0.964. The van der Waals surface area contributed by atoms with Crippen molar-refractivity contribution in [3.8, 4) is 0 Å². The molecule has 0 saturated carbocycles. The molecule has 0 saturated heterocycles. The predicted octanol–water partition coefficient (Wildman–Crippen LogP) is 1.24. The molecular weight excluding hydrogens is 259 g/mol. The summed E-state index contributed by atoms with van der Waals surface area (Å²) in [5, 5.41) is 4.74. The maximum atomic E-state index is 12.3. The van der Waals surface area contributed by atoms with Crippen molar-refractivity contribution in [1.29, 1.82) is 0 Å². The van der Waals surface area contributed by atoms with Crippen LogP contribution >= 0.6 is 10.7 Å². The molecule has 10 heteroatoms. The molecule has 0 radical (unpaired) electrons. The Morgan fingerprint density at radius 1 is 1.40 bits per heavy atom. The number of aromatic nitrogens is 3. The van der Waals surface area contributed by atoms with Crippen LogP contribution in [0.2, 0.25) is 0 Å². The van der Waals surface area contributed by atoms with Crippen LogP contribution in [0.3, 0.4) is 0 Å². The first-order valence-electron chi connectivity index (χ1n) is 3.63. The van der Waals surface area contributed by atoms with Crippen molar-refractivity contribution in [3.05, 3.63) is 5.82 Å². The van der Waals surface area contributed by atoms with E-state index in [0.717, 1.165) is 0 Å². The minimum Gasteiger partial charge on any atom is -0.293 e. The Kier molecular flexibility index (Phi) is 2.97. The number of halogens is 4. The first-order valence-corrected chi connectivity index (χ1v) is 5.94. The van der Waals surface area contributed by atoms with E-state index in [2.05, 4.69) is 10.2 Å². The van der Waals surface area contributed by atoms with Crippen molar-refractivity contribution >= 4 is 19.7 Å². The van der Waals surface area contributed by atoms with Crippen molar-refractivity contribution in [3.63, 3.8) is 0 Å². The van der Waals surface area contributed by atoms with E-state index >= 15 is 0 Å². The predicted molar refractivity (Wildman–Crippen MR) is 43.7 cm³/mol. The average molecular weight is 264 g/mol. The van der Waals surface area contributed by atoms with E-state index in [-0.39, 0.29) is 6.54 Å². The third-order valence-electron chi connectivity index (χ3n) is 1.50. The molecule has 86 valence electrons. The summed E-state index contributed by atoms with van der Waals surface area (Å²) >= 11 is 0. The highest BCUT2D eigenvalue weighted by Crippen LogP contribution is 2.29. The summed E-state index contributed by atoms with van der Waals surface area (Å²) in [6.45, 7) is 1.08. The molecule has 0 aliphatic carbocycles. The lowest BCUT2D eigenvalue weighted by Gasteiger charge is -2.07.